The summed E-state index contributed by atoms with van der Waals surface area (Å²) in [5.74, 6) is 0.982. The van der Waals surface area contributed by atoms with Crippen molar-refractivity contribution in [1.82, 2.24) is 5.32 Å². The molecule has 1 aromatic rings. The fourth-order valence-electron chi connectivity index (χ4n) is 2.25. The number of methoxy groups -OCH3 is 1. The Bertz CT molecular complexity index is 384. The number of nitrogens with one attached hydrogen (secondary N) is 1. The normalized spacial score (nSPS) is 10.9. The van der Waals surface area contributed by atoms with Gasteiger partial charge in [-0.25, -0.2) is 0 Å². The van der Waals surface area contributed by atoms with Crippen LogP contribution in [0.3, 0.4) is 0 Å². The Balaban J connectivity index is 2.37. The molecule has 0 aliphatic carbocycles. The Kier molecular flexibility index (Phi) is 9.06. The summed E-state index contributed by atoms with van der Waals surface area (Å²) in [7, 11) is 1.70. The summed E-state index contributed by atoms with van der Waals surface area (Å²) in [5.41, 5.74) is 3.67. The minimum absolute atomic E-state index is 0.585. The maximum absolute atomic E-state index is 5.86. The van der Waals surface area contributed by atoms with Gasteiger partial charge in [0.25, 0.3) is 0 Å². The second kappa shape index (κ2) is 10.6. The molecule has 0 aromatic heterocycles. The summed E-state index contributed by atoms with van der Waals surface area (Å²) >= 11 is 0. The Morgan fingerprint density at radius 3 is 2.33 bits per heavy atom. The first kappa shape index (κ1) is 18.0. The van der Waals surface area contributed by atoms with Crippen molar-refractivity contribution in [3.63, 3.8) is 0 Å². The number of hydrogen-bond donors (Lipinski definition) is 1. The average molecular weight is 295 g/mol. The van der Waals surface area contributed by atoms with Crippen molar-refractivity contribution in [3.05, 3.63) is 28.8 Å². The van der Waals surface area contributed by atoms with Crippen molar-refractivity contribution in [1.29, 1.82) is 0 Å². The van der Waals surface area contributed by atoms with Crippen LogP contribution in [0, 0.1) is 13.8 Å². The highest BCUT2D eigenvalue weighted by atomic mass is 16.5. The standard InChI is InChI=1S/C17H29NO3/c1-5-18-13-16-11-14(2)17(15(3)12-16)21-10-9-20-8-6-7-19-4/h11-12,18H,5-10,13H2,1-4H3. The molecule has 1 rings (SSSR count). The molecule has 0 fully saturated rings. The van der Waals surface area contributed by atoms with Gasteiger partial charge in [0.1, 0.15) is 12.4 Å². The molecule has 0 unspecified atom stereocenters. The lowest BCUT2D eigenvalue weighted by Crippen LogP contribution is -2.13. The molecule has 0 atom stereocenters. The molecule has 21 heavy (non-hydrogen) atoms. The minimum Gasteiger partial charge on any atom is -0.491 e. The van der Waals surface area contributed by atoms with Crippen molar-refractivity contribution in [2.75, 3.05) is 40.1 Å². The van der Waals surface area contributed by atoms with E-state index >= 15 is 0 Å². The molecule has 0 radical (unpaired) electrons. The SMILES string of the molecule is CCNCc1cc(C)c(OCCOCCCOC)c(C)c1. The molecule has 4 heteroatoms. The quantitative estimate of drug-likeness (QED) is 0.637. The van der Waals surface area contributed by atoms with Crippen LogP contribution in [0.2, 0.25) is 0 Å². The average Bonchev–Trinajstić information content (AvgIpc) is 2.46. The third kappa shape index (κ3) is 6.93. The zero-order chi connectivity index (χ0) is 15.5. The molecule has 1 aromatic carbocycles. The van der Waals surface area contributed by atoms with E-state index in [9.17, 15) is 0 Å². The lowest BCUT2D eigenvalue weighted by molar-refractivity contribution is 0.0803. The Hall–Kier alpha value is -1.10. The third-order valence-corrected chi connectivity index (χ3v) is 3.21. The topological polar surface area (TPSA) is 39.7 Å². The zero-order valence-corrected chi connectivity index (χ0v) is 13.8. The Labute approximate surface area is 128 Å². The number of hydrogen-bond acceptors (Lipinski definition) is 4. The third-order valence-electron chi connectivity index (χ3n) is 3.21. The van der Waals surface area contributed by atoms with E-state index in [4.69, 9.17) is 14.2 Å². The summed E-state index contributed by atoms with van der Waals surface area (Å²) in [5, 5.41) is 3.34. The van der Waals surface area contributed by atoms with Crippen molar-refractivity contribution < 1.29 is 14.2 Å². The van der Waals surface area contributed by atoms with E-state index in [0.717, 1.165) is 38.5 Å². The smallest absolute Gasteiger partial charge is 0.125 e. The van der Waals surface area contributed by atoms with Crippen LogP contribution >= 0.6 is 0 Å². The van der Waals surface area contributed by atoms with Crippen molar-refractivity contribution in [3.8, 4) is 5.75 Å². The maximum Gasteiger partial charge on any atom is 0.125 e. The number of aryl methyl sites for hydroxylation is 2. The zero-order valence-electron chi connectivity index (χ0n) is 13.8. The largest absolute Gasteiger partial charge is 0.491 e. The van der Waals surface area contributed by atoms with E-state index in [1.165, 1.54) is 16.7 Å². The van der Waals surface area contributed by atoms with Crippen LogP contribution in [-0.4, -0.2) is 40.1 Å². The number of ether oxygens (including phenoxy) is 3. The molecule has 120 valence electrons. The van der Waals surface area contributed by atoms with Gasteiger partial charge < -0.3 is 19.5 Å². The fraction of sp³-hybridized carbons (Fsp3) is 0.647. The lowest BCUT2D eigenvalue weighted by Gasteiger charge is -2.14. The fourth-order valence-corrected chi connectivity index (χ4v) is 2.25. The van der Waals surface area contributed by atoms with Crippen LogP contribution in [0.5, 0.6) is 5.75 Å². The van der Waals surface area contributed by atoms with Gasteiger partial charge in [-0.1, -0.05) is 19.1 Å². The van der Waals surface area contributed by atoms with Crippen molar-refractivity contribution in [2.24, 2.45) is 0 Å². The Morgan fingerprint density at radius 2 is 1.71 bits per heavy atom. The van der Waals surface area contributed by atoms with Crippen LogP contribution in [0.25, 0.3) is 0 Å². The predicted molar refractivity (Wildman–Crippen MR) is 86.1 cm³/mol. The molecule has 0 saturated heterocycles. The number of rotatable bonds is 11. The maximum atomic E-state index is 5.86. The van der Waals surface area contributed by atoms with Crippen LogP contribution in [0.1, 0.15) is 30.0 Å². The van der Waals surface area contributed by atoms with E-state index < -0.39 is 0 Å². The first-order valence-electron chi connectivity index (χ1n) is 7.69. The van der Waals surface area contributed by atoms with Crippen molar-refractivity contribution in [2.45, 2.75) is 33.7 Å². The van der Waals surface area contributed by atoms with Crippen LogP contribution in [-0.2, 0) is 16.0 Å². The Morgan fingerprint density at radius 1 is 1.00 bits per heavy atom. The highest BCUT2D eigenvalue weighted by Crippen LogP contribution is 2.24. The van der Waals surface area contributed by atoms with E-state index in [1.807, 2.05) is 0 Å². The second-order valence-corrected chi connectivity index (χ2v) is 5.15. The summed E-state index contributed by atoms with van der Waals surface area (Å²) in [4.78, 5) is 0. The van der Waals surface area contributed by atoms with E-state index in [1.54, 1.807) is 7.11 Å². The van der Waals surface area contributed by atoms with E-state index in [2.05, 4.69) is 38.2 Å². The molecular weight excluding hydrogens is 266 g/mol. The first-order valence-corrected chi connectivity index (χ1v) is 7.69. The van der Waals surface area contributed by atoms with Crippen molar-refractivity contribution >= 4 is 0 Å². The van der Waals surface area contributed by atoms with Gasteiger partial charge in [0.05, 0.1) is 6.61 Å². The summed E-state index contributed by atoms with van der Waals surface area (Å²) in [6.07, 6.45) is 0.924. The van der Waals surface area contributed by atoms with Gasteiger partial charge >= 0.3 is 0 Å². The molecule has 0 bridgehead atoms. The lowest BCUT2D eigenvalue weighted by atomic mass is 10.1. The van der Waals surface area contributed by atoms with Gasteiger partial charge in [-0.3, -0.25) is 0 Å². The van der Waals surface area contributed by atoms with Gasteiger partial charge in [-0.05, 0) is 43.5 Å². The van der Waals surface area contributed by atoms with Gasteiger partial charge in [0, 0.05) is 26.9 Å². The van der Waals surface area contributed by atoms with Gasteiger partial charge in [0.15, 0.2) is 0 Å². The molecule has 0 heterocycles. The van der Waals surface area contributed by atoms with Crippen LogP contribution < -0.4 is 10.1 Å². The molecule has 0 aliphatic heterocycles. The molecule has 0 saturated carbocycles. The number of benzene rings is 1. The highest BCUT2D eigenvalue weighted by molar-refractivity contribution is 5.43. The molecule has 1 N–H and O–H groups in total. The van der Waals surface area contributed by atoms with Crippen LogP contribution in [0.4, 0.5) is 0 Å². The monoisotopic (exact) mass is 295 g/mol. The predicted octanol–water partition coefficient (Wildman–Crippen LogP) is 2.84. The molecule has 0 amide bonds. The molecular formula is C17H29NO3. The van der Waals surface area contributed by atoms with Crippen LogP contribution in [0.15, 0.2) is 12.1 Å². The highest BCUT2D eigenvalue weighted by Gasteiger charge is 2.06. The van der Waals surface area contributed by atoms with E-state index in [-0.39, 0.29) is 0 Å². The second-order valence-electron chi connectivity index (χ2n) is 5.15. The molecule has 4 nitrogen and oxygen atoms in total. The molecule has 0 aliphatic rings. The summed E-state index contributed by atoms with van der Waals surface area (Å²) in [6, 6.07) is 4.37. The summed E-state index contributed by atoms with van der Waals surface area (Å²) in [6.45, 7) is 10.8. The van der Waals surface area contributed by atoms with Gasteiger partial charge in [0.2, 0.25) is 0 Å². The van der Waals surface area contributed by atoms with E-state index in [0.29, 0.717) is 13.2 Å². The summed E-state index contributed by atoms with van der Waals surface area (Å²) < 4.78 is 16.3. The minimum atomic E-state index is 0.585. The van der Waals surface area contributed by atoms with Gasteiger partial charge in [-0.2, -0.15) is 0 Å². The first-order chi connectivity index (χ1) is 10.2. The van der Waals surface area contributed by atoms with Gasteiger partial charge in [-0.15, -0.1) is 0 Å². The molecule has 0 spiro atoms.